The van der Waals surface area contributed by atoms with Gasteiger partial charge in [-0.25, -0.2) is 0 Å². The molecule has 2 rings (SSSR count). The molecule has 1 atom stereocenters. The highest BCUT2D eigenvalue weighted by atomic mass is 35.5. The Hall–Kier alpha value is -0.960. The fourth-order valence-corrected chi connectivity index (χ4v) is 2.04. The zero-order chi connectivity index (χ0) is 12.4. The first kappa shape index (κ1) is 12.5. The molecule has 0 fully saturated rings. The number of benzene rings is 1. The van der Waals surface area contributed by atoms with Crippen LogP contribution in [0.25, 0.3) is 0 Å². The SMILES string of the molecule is Cc1ccc(C(O)Cc2cccc(Cl)c2Cl)o1. The second-order valence-electron chi connectivity index (χ2n) is 3.88. The summed E-state index contributed by atoms with van der Waals surface area (Å²) < 4.78 is 5.36. The molecule has 0 radical (unpaired) electrons. The quantitative estimate of drug-likeness (QED) is 0.908. The van der Waals surface area contributed by atoms with E-state index in [0.29, 0.717) is 22.2 Å². The van der Waals surface area contributed by atoms with Crippen LogP contribution in [0.15, 0.2) is 34.7 Å². The predicted octanol–water partition coefficient (Wildman–Crippen LogP) is 4.17. The van der Waals surface area contributed by atoms with Crippen LogP contribution >= 0.6 is 23.2 Å². The second kappa shape index (κ2) is 5.13. The molecule has 0 saturated carbocycles. The Balaban J connectivity index is 2.18. The predicted molar refractivity (Wildman–Crippen MR) is 68.6 cm³/mol. The molecule has 90 valence electrons. The number of rotatable bonds is 3. The topological polar surface area (TPSA) is 33.4 Å². The summed E-state index contributed by atoms with van der Waals surface area (Å²) in [6.45, 7) is 1.84. The smallest absolute Gasteiger partial charge is 0.132 e. The molecule has 0 bridgehead atoms. The zero-order valence-electron chi connectivity index (χ0n) is 9.28. The van der Waals surface area contributed by atoms with E-state index < -0.39 is 6.10 Å². The van der Waals surface area contributed by atoms with Crippen molar-refractivity contribution in [1.29, 1.82) is 0 Å². The van der Waals surface area contributed by atoms with Gasteiger partial charge >= 0.3 is 0 Å². The second-order valence-corrected chi connectivity index (χ2v) is 4.67. The first-order valence-electron chi connectivity index (χ1n) is 5.25. The molecule has 0 saturated heterocycles. The minimum Gasteiger partial charge on any atom is -0.464 e. The molecule has 1 N–H and O–H groups in total. The van der Waals surface area contributed by atoms with E-state index >= 15 is 0 Å². The number of furan rings is 1. The van der Waals surface area contributed by atoms with Crippen molar-refractivity contribution >= 4 is 23.2 Å². The van der Waals surface area contributed by atoms with Gasteiger partial charge in [0.05, 0.1) is 10.0 Å². The van der Waals surface area contributed by atoms with Crippen LogP contribution in [0, 0.1) is 6.92 Å². The summed E-state index contributed by atoms with van der Waals surface area (Å²) in [5, 5.41) is 11.0. The molecule has 1 aromatic heterocycles. The highest BCUT2D eigenvalue weighted by Crippen LogP contribution is 2.29. The molecule has 4 heteroatoms. The molecule has 1 heterocycles. The maximum atomic E-state index is 10.0. The number of halogens is 2. The maximum Gasteiger partial charge on any atom is 0.132 e. The van der Waals surface area contributed by atoms with E-state index in [4.69, 9.17) is 27.6 Å². The fraction of sp³-hybridized carbons (Fsp3) is 0.231. The van der Waals surface area contributed by atoms with Crippen molar-refractivity contribution in [1.82, 2.24) is 0 Å². The van der Waals surface area contributed by atoms with Gasteiger partial charge in [0.2, 0.25) is 0 Å². The number of aryl methyl sites for hydroxylation is 1. The summed E-state index contributed by atoms with van der Waals surface area (Å²) in [5.41, 5.74) is 0.806. The van der Waals surface area contributed by atoms with E-state index in [1.54, 1.807) is 12.1 Å². The lowest BCUT2D eigenvalue weighted by molar-refractivity contribution is 0.149. The number of hydrogen-bond acceptors (Lipinski definition) is 2. The molecule has 0 spiro atoms. The van der Waals surface area contributed by atoms with Crippen LogP contribution in [0.1, 0.15) is 23.2 Å². The third kappa shape index (κ3) is 2.83. The maximum absolute atomic E-state index is 10.0. The molecule has 17 heavy (non-hydrogen) atoms. The standard InChI is InChI=1S/C13H12Cl2O2/c1-8-5-6-12(17-8)11(16)7-9-3-2-4-10(14)13(9)15/h2-6,11,16H,7H2,1H3. The average Bonchev–Trinajstić information content (AvgIpc) is 2.72. The minimum absolute atomic E-state index is 0.381. The van der Waals surface area contributed by atoms with Crippen LogP contribution in [0.4, 0.5) is 0 Å². The van der Waals surface area contributed by atoms with Gasteiger partial charge in [-0.2, -0.15) is 0 Å². The normalized spacial score (nSPS) is 12.7. The average molecular weight is 271 g/mol. The lowest BCUT2D eigenvalue weighted by Gasteiger charge is -2.10. The van der Waals surface area contributed by atoms with Gasteiger partial charge in [0.1, 0.15) is 17.6 Å². The van der Waals surface area contributed by atoms with E-state index in [1.165, 1.54) is 0 Å². The van der Waals surface area contributed by atoms with Gasteiger partial charge in [-0.3, -0.25) is 0 Å². The van der Waals surface area contributed by atoms with Gasteiger partial charge < -0.3 is 9.52 Å². The lowest BCUT2D eigenvalue weighted by Crippen LogP contribution is -2.01. The van der Waals surface area contributed by atoms with Crippen LogP contribution in [-0.4, -0.2) is 5.11 Å². The van der Waals surface area contributed by atoms with Crippen molar-refractivity contribution in [3.63, 3.8) is 0 Å². The summed E-state index contributed by atoms with van der Waals surface area (Å²) in [4.78, 5) is 0. The summed E-state index contributed by atoms with van der Waals surface area (Å²) in [6.07, 6.45) is -0.327. The van der Waals surface area contributed by atoms with Gasteiger partial charge in [-0.05, 0) is 30.7 Å². The summed E-state index contributed by atoms with van der Waals surface area (Å²) in [7, 11) is 0. The molecule has 2 aromatic rings. The monoisotopic (exact) mass is 270 g/mol. The third-order valence-electron chi connectivity index (χ3n) is 2.53. The van der Waals surface area contributed by atoms with Crippen molar-refractivity contribution in [2.24, 2.45) is 0 Å². The van der Waals surface area contributed by atoms with Crippen LogP contribution in [0.2, 0.25) is 10.0 Å². The molecule has 0 amide bonds. The van der Waals surface area contributed by atoms with Gasteiger partial charge in [-0.1, -0.05) is 35.3 Å². The molecule has 0 aliphatic rings. The van der Waals surface area contributed by atoms with Crippen molar-refractivity contribution in [3.8, 4) is 0 Å². The Kier molecular flexibility index (Phi) is 3.77. The molecular formula is C13H12Cl2O2. The van der Waals surface area contributed by atoms with Crippen LogP contribution < -0.4 is 0 Å². The lowest BCUT2D eigenvalue weighted by atomic mass is 10.1. The summed E-state index contributed by atoms with van der Waals surface area (Å²) in [5.74, 6) is 1.31. The molecule has 1 unspecified atom stereocenters. The first-order valence-corrected chi connectivity index (χ1v) is 6.01. The van der Waals surface area contributed by atoms with Crippen molar-refractivity contribution in [2.45, 2.75) is 19.4 Å². The van der Waals surface area contributed by atoms with Crippen LogP contribution in [0.5, 0.6) is 0 Å². The van der Waals surface area contributed by atoms with Crippen LogP contribution in [0.3, 0.4) is 0 Å². The van der Waals surface area contributed by atoms with Gasteiger partial charge in [0, 0.05) is 6.42 Å². The highest BCUT2D eigenvalue weighted by Gasteiger charge is 2.15. The largest absolute Gasteiger partial charge is 0.464 e. The van der Waals surface area contributed by atoms with E-state index in [0.717, 1.165) is 11.3 Å². The van der Waals surface area contributed by atoms with E-state index in [-0.39, 0.29) is 0 Å². The highest BCUT2D eigenvalue weighted by molar-refractivity contribution is 6.42. The van der Waals surface area contributed by atoms with Crippen molar-refractivity contribution in [3.05, 3.63) is 57.5 Å². The Morgan fingerprint density at radius 1 is 1.24 bits per heavy atom. The molecule has 0 aliphatic heterocycles. The minimum atomic E-state index is -0.709. The number of aliphatic hydroxyl groups is 1. The van der Waals surface area contributed by atoms with Gasteiger partial charge in [0.15, 0.2) is 0 Å². The zero-order valence-corrected chi connectivity index (χ0v) is 10.8. The van der Waals surface area contributed by atoms with E-state index in [1.807, 2.05) is 25.1 Å². The van der Waals surface area contributed by atoms with Crippen molar-refractivity contribution in [2.75, 3.05) is 0 Å². The van der Waals surface area contributed by atoms with Gasteiger partial charge in [0.25, 0.3) is 0 Å². The van der Waals surface area contributed by atoms with Gasteiger partial charge in [-0.15, -0.1) is 0 Å². The summed E-state index contributed by atoms with van der Waals surface area (Å²) in [6, 6.07) is 8.95. The Morgan fingerprint density at radius 3 is 2.65 bits per heavy atom. The number of hydrogen-bond donors (Lipinski definition) is 1. The molecule has 1 aromatic carbocycles. The first-order chi connectivity index (χ1) is 8.08. The Bertz CT molecular complexity index is 520. The number of aliphatic hydroxyl groups excluding tert-OH is 1. The Morgan fingerprint density at radius 2 is 2.00 bits per heavy atom. The van der Waals surface area contributed by atoms with Crippen molar-refractivity contribution < 1.29 is 9.52 Å². The molecule has 0 aliphatic carbocycles. The molecule has 2 nitrogen and oxygen atoms in total. The summed E-state index contributed by atoms with van der Waals surface area (Å²) >= 11 is 12.0. The third-order valence-corrected chi connectivity index (χ3v) is 3.39. The fourth-order valence-electron chi connectivity index (χ4n) is 1.65. The Labute approximate surface area is 110 Å². The molecular weight excluding hydrogens is 259 g/mol. The van der Waals surface area contributed by atoms with Crippen LogP contribution in [-0.2, 0) is 6.42 Å². The van der Waals surface area contributed by atoms with E-state index in [2.05, 4.69) is 0 Å². The van der Waals surface area contributed by atoms with E-state index in [9.17, 15) is 5.11 Å².